The van der Waals surface area contributed by atoms with Crippen molar-refractivity contribution in [3.05, 3.63) is 24.3 Å². The number of hydrogen-bond acceptors (Lipinski definition) is 4. The van der Waals surface area contributed by atoms with E-state index in [0.29, 0.717) is 25.7 Å². The lowest BCUT2D eigenvalue weighted by atomic mass is 9.90. The molecule has 1 saturated carbocycles. The minimum absolute atomic E-state index is 0.0220. The van der Waals surface area contributed by atoms with Gasteiger partial charge in [-0.15, -0.1) is 0 Å². The smallest absolute Gasteiger partial charge is 0.303 e. The summed E-state index contributed by atoms with van der Waals surface area (Å²) in [6, 6.07) is 0. The number of hydrogen-bond donors (Lipinski definition) is 3. The molecule has 142 valence electrons. The van der Waals surface area contributed by atoms with Gasteiger partial charge in [0.05, 0.1) is 12.2 Å². The van der Waals surface area contributed by atoms with E-state index in [-0.39, 0.29) is 30.5 Å². The molecular weight excluding hydrogens is 320 g/mol. The maximum atomic E-state index is 12.1. The van der Waals surface area contributed by atoms with Crippen LogP contribution in [0.2, 0.25) is 0 Å². The van der Waals surface area contributed by atoms with Crippen molar-refractivity contribution < 1.29 is 24.9 Å². The van der Waals surface area contributed by atoms with E-state index >= 15 is 0 Å². The predicted octanol–water partition coefficient (Wildman–Crippen LogP) is 3.25. The van der Waals surface area contributed by atoms with Crippen LogP contribution in [0.25, 0.3) is 0 Å². The van der Waals surface area contributed by atoms with E-state index in [0.717, 1.165) is 19.3 Å². The monoisotopic (exact) mass is 352 g/mol. The van der Waals surface area contributed by atoms with Crippen molar-refractivity contribution in [2.24, 2.45) is 11.8 Å². The quantitative estimate of drug-likeness (QED) is 0.370. The number of rotatable bonds is 12. The van der Waals surface area contributed by atoms with Gasteiger partial charge in [0.15, 0.2) is 0 Å². The molecule has 5 heteroatoms. The molecule has 1 aliphatic carbocycles. The highest BCUT2D eigenvalue weighted by Crippen LogP contribution is 2.33. The first-order valence-electron chi connectivity index (χ1n) is 9.39. The van der Waals surface area contributed by atoms with Gasteiger partial charge in [0.25, 0.3) is 0 Å². The standard InChI is InChI=1S/C20H32O5/c1-2-3-6-9-15(21)12-13-17-16(18(22)14-19(17)23)10-7-4-5-8-11-20(24)25/h4,7,12-13,15-18,21-22H,2-3,5-6,8-11,14H2,1H3,(H,24,25)/b7-4?,13-12+/t15?,16?,17-,18?/m1/s1. The van der Waals surface area contributed by atoms with E-state index < -0.39 is 18.2 Å². The van der Waals surface area contributed by atoms with Crippen LogP contribution in [-0.2, 0) is 9.59 Å². The Morgan fingerprint density at radius 1 is 1.28 bits per heavy atom. The Morgan fingerprint density at radius 3 is 2.72 bits per heavy atom. The van der Waals surface area contributed by atoms with Gasteiger partial charge in [0.1, 0.15) is 5.78 Å². The van der Waals surface area contributed by atoms with Crippen LogP contribution in [0, 0.1) is 11.8 Å². The Morgan fingerprint density at radius 2 is 2.04 bits per heavy atom. The van der Waals surface area contributed by atoms with E-state index in [1.165, 1.54) is 0 Å². The summed E-state index contributed by atoms with van der Waals surface area (Å²) in [5, 5.41) is 28.7. The number of unbranched alkanes of at least 4 members (excludes halogenated alkanes) is 3. The minimum Gasteiger partial charge on any atom is -0.481 e. The van der Waals surface area contributed by atoms with Crippen molar-refractivity contribution in [1.29, 1.82) is 0 Å². The topological polar surface area (TPSA) is 94.8 Å². The lowest BCUT2D eigenvalue weighted by molar-refractivity contribution is -0.137. The van der Waals surface area contributed by atoms with Gasteiger partial charge in [-0.1, -0.05) is 50.5 Å². The van der Waals surface area contributed by atoms with Gasteiger partial charge in [-0.2, -0.15) is 0 Å². The summed E-state index contributed by atoms with van der Waals surface area (Å²) in [5.74, 6) is -1.29. The van der Waals surface area contributed by atoms with Gasteiger partial charge in [-0.25, -0.2) is 0 Å². The van der Waals surface area contributed by atoms with Crippen molar-refractivity contribution >= 4 is 11.8 Å². The molecule has 3 unspecified atom stereocenters. The van der Waals surface area contributed by atoms with E-state index in [2.05, 4.69) is 6.92 Å². The zero-order valence-corrected chi connectivity index (χ0v) is 15.1. The highest BCUT2D eigenvalue weighted by atomic mass is 16.4. The number of carbonyl (C=O) groups excluding carboxylic acids is 1. The molecule has 0 aromatic carbocycles. The lowest BCUT2D eigenvalue weighted by Crippen LogP contribution is -2.19. The molecule has 0 spiro atoms. The maximum Gasteiger partial charge on any atom is 0.303 e. The second kappa shape index (κ2) is 12.0. The first kappa shape index (κ1) is 21.6. The van der Waals surface area contributed by atoms with Crippen LogP contribution in [0.1, 0.15) is 64.7 Å². The van der Waals surface area contributed by atoms with Gasteiger partial charge in [0, 0.05) is 24.7 Å². The van der Waals surface area contributed by atoms with Crippen molar-refractivity contribution in [3.8, 4) is 0 Å². The molecule has 1 aliphatic rings. The number of allylic oxidation sites excluding steroid dienone is 3. The molecule has 1 rings (SSSR count). The van der Waals surface area contributed by atoms with Crippen molar-refractivity contribution in [3.63, 3.8) is 0 Å². The summed E-state index contributed by atoms with van der Waals surface area (Å²) < 4.78 is 0. The Balaban J connectivity index is 2.48. The van der Waals surface area contributed by atoms with Crippen molar-refractivity contribution in [1.82, 2.24) is 0 Å². The second-order valence-electron chi connectivity index (χ2n) is 6.87. The lowest BCUT2D eigenvalue weighted by Gasteiger charge is -2.17. The zero-order valence-electron chi connectivity index (χ0n) is 15.1. The van der Waals surface area contributed by atoms with Gasteiger partial charge in [0.2, 0.25) is 0 Å². The highest BCUT2D eigenvalue weighted by Gasteiger charge is 2.39. The normalized spacial score (nSPS) is 25.2. The molecule has 4 atom stereocenters. The molecule has 5 nitrogen and oxygen atoms in total. The Labute approximate surface area is 150 Å². The second-order valence-corrected chi connectivity index (χ2v) is 6.87. The molecule has 0 aromatic rings. The number of aliphatic carboxylic acids is 1. The van der Waals surface area contributed by atoms with Crippen LogP contribution in [0.15, 0.2) is 24.3 Å². The summed E-state index contributed by atoms with van der Waals surface area (Å²) in [4.78, 5) is 22.5. The molecule has 0 aliphatic heterocycles. The molecule has 0 aromatic heterocycles. The van der Waals surface area contributed by atoms with Crippen LogP contribution in [0.4, 0.5) is 0 Å². The molecule has 1 fully saturated rings. The fraction of sp³-hybridized carbons (Fsp3) is 0.700. The maximum absolute atomic E-state index is 12.1. The van der Waals surface area contributed by atoms with Crippen LogP contribution in [-0.4, -0.2) is 39.3 Å². The SMILES string of the molecule is CCCCCC(O)/C=C/[C@H]1C(=O)CC(O)C1CC=CCCCC(=O)O. The minimum atomic E-state index is -0.798. The van der Waals surface area contributed by atoms with Crippen LogP contribution < -0.4 is 0 Å². The van der Waals surface area contributed by atoms with Gasteiger partial charge in [-0.3, -0.25) is 9.59 Å². The number of ketones is 1. The summed E-state index contributed by atoms with van der Waals surface area (Å²) in [7, 11) is 0. The van der Waals surface area contributed by atoms with E-state index in [4.69, 9.17) is 5.11 Å². The number of aliphatic hydroxyl groups is 2. The van der Waals surface area contributed by atoms with E-state index in [1.54, 1.807) is 12.2 Å². The van der Waals surface area contributed by atoms with Crippen LogP contribution in [0.3, 0.4) is 0 Å². The Kier molecular flexibility index (Phi) is 10.3. The number of carboxylic acid groups (broad SMARTS) is 1. The summed E-state index contributed by atoms with van der Waals surface area (Å²) in [6.07, 6.45) is 12.1. The molecule has 0 bridgehead atoms. The molecule has 0 radical (unpaired) electrons. The fourth-order valence-electron chi connectivity index (χ4n) is 3.22. The third-order valence-electron chi connectivity index (χ3n) is 4.72. The Hall–Kier alpha value is -1.46. The van der Waals surface area contributed by atoms with E-state index in [9.17, 15) is 19.8 Å². The molecule has 3 N–H and O–H groups in total. The fourth-order valence-corrected chi connectivity index (χ4v) is 3.22. The third-order valence-corrected chi connectivity index (χ3v) is 4.72. The number of carboxylic acids is 1. The summed E-state index contributed by atoms with van der Waals surface area (Å²) in [5.41, 5.74) is 0. The highest BCUT2D eigenvalue weighted by molar-refractivity contribution is 5.86. The molecule has 0 heterocycles. The number of aliphatic hydroxyl groups excluding tert-OH is 2. The van der Waals surface area contributed by atoms with Crippen LogP contribution in [0.5, 0.6) is 0 Å². The zero-order chi connectivity index (χ0) is 18.7. The Bertz CT molecular complexity index is 469. The molecular formula is C20H32O5. The molecule has 25 heavy (non-hydrogen) atoms. The molecule has 0 amide bonds. The van der Waals surface area contributed by atoms with Gasteiger partial charge >= 0.3 is 5.97 Å². The largest absolute Gasteiger partial charge is 0.481 e. The predicted molar refractivity (Wildman–Crippen MR) is 97.1 cm³/mol. The van der Waals surface area contributed by atoms with Crippen molar-refractivity contribution in [2.45, 2.75) is 76.9 Å². The summed E-state index contributed by atoms with van der Waals surface area (Å²) >= 11 is 0. The first-order chi connectivity index (χ1) is 12.0. The van der Waals surface area contributed by atoms with Crippen molar-refractivity contribution in [2.75, 3.05) is 0 Å². The third kappa shape index (κ3) is 8.45. The van der Waals surface area contributed by atoms with Crippen LogP contribution >= 0.6 is 0 Å². The van der Waals surface area contributed by atoms with Gasteiger partial charge < -0.3 is 15.3 Å². The first-order valence-corrected chi connectivity index (χ1v) is 9.39. The summed E-state index contributed by atoms with van der Waals surface area (Å²) in [6.45, 7) is 2.11. The van der Waals surface area contributed by atoms with Gasteiger partial charge in [-0.05, 0) is 25.7 Å². The average molecular weight is 352 g/mol. The average Bonchev–Trinajstić information content (AvgIpc) is 2.82. The van der Waals surface area contributed by atoms with E-state index in [1.807, 2.05) is 12.2 Å². The number of Topliss-reactive ketones (excluding diaryl/α,β-unsaturated/α-hetero) is 1. The number of carbonyl (C=O) groups is 2. The molecule has 0 saturated heterocycles.